The second-order valence-corrected chi connectivity index (χ2v) is 4.21. The average molecular weight is 234 g/mol. The van der Waals surface area contributed by atoms with Gasteiger partial charge in [0.25, 0.3) is 0 Å². The van der Waals surface area contributed by atoms with Crippen LogP contribution in [0.15, 0.2) is 18.2 Å². The fourth-order valence-corrected chi connectivity index (χ4v) is 2.07. The Morgan fingerprint density at radius 2 is 2.24 bits per heavy atom. The molecule has 0 radical (unpaired) electrons. The summed E-state index contributed by atoms with van der Waals surface area (Å²) in [7, 11) is 1.80. The molecule has 1 heterocycles. The average Bonchev–Trinajstić information content (AvgIpc) is 2.34. The Balaban J connectivity index is 2.24. The van der Waals surface area contributed by atoms with Crippen LogP contribution in [0.5, 0.6) is 5.75 Å². The molecule has 0 fully saturated rings. The van der Waals surface area contributed by atoms with E-state index in [1.165, 1.54) is 5.56 Å². The van der Waals surface area contributed by atoms with Crippen LogP contribution >= 0.6 is 0 Å². The van der Waals surface area contributed by atoms with Crippen LogP contribution in [0.3, 0.4) is 0 Å². The van der Waals surface area contributed by atoms with Gasteiger partial charge in [0.1, 0.15) is 5.75 Å². The van der Waals surface area contributed by atoms with Crippen LogP contribution in [0.4, 0.5) is 5.69 Å². The van der Waals surface area contributed by atoms with Gasteiger partial charge in [0.2, 0.25) is 5.91 Å². The number of ether oxygens (including phenoxy) is 1. The first-order chi connectivity index (χ1) is 8.24. The van der Waals surface area contributed by atoms with Crippen molar-refractivity contribution in [1.29, 1.82) is 0 Å². The Labute approximate surface area is 101 Å². The molecule has 0 aromatic heterocycles. The lowest BCUT2D eigenvalue weighted by Gasteiger charge is -2.27. The van der Waals surface area contributed by atoms with E-state index in [9.17, 15) is 4.79 Å². The maximum absolute atomic E-state index is 11.7. The first kappa shape index (κ1) is 11.9. The number of hydrogen-bond donors (Lipinski definition) is 1. The molecule has 2 rings (SSSR count). The van der Waals surface area contributed by atoms with Crippen molar-refractivity contribution in [2.24, 2.45) is 5.73 Å². The zero-order valence-electron chi connectivity index (χ0n) is 10.1. The van der Waals surface area contributed by atoms with Gasteiger partial charge in [-0.2, -0.15) is 0 Å². The van der Waals surface area contributed by atoms with Crippen LogP contribution in [0, 0.1) is 0 Å². The number of para-hydroxylation sites is 1. The van der Waals surface area contributed by atoms with E-state index in [0.717, 1.165) is 24.3 Å². The zero-order valence-corrected chi connectivity index (χ0v) is 10.1. The summed E-state index contributed by atoms with van der Waals surface area (Å²) < 4.78 is 5.69. The number of fused-ring (bicyclic) bond motifs is 1. The van der Waals surface area contributed by atoms with Crippen molar-refractivity contribution in [2.75, 3.05) is 25.1 Å². The summed E-state index contributed by atoms with van der Waals surface area (Å²) in [5.74, 6) is 0.930. The third-order valence-electron chi connectivity index (χ3n) is 3.01. The lowest BCUT2D eigenvalue weighted by molar-refractivity contribution is -0.118. The third-order valence-corrected chi connectivity index (χ3v) is 3.01. The van der Waals surface area contributed by atoms with Crippen molar-refractivity contribution in [3.8, 4) is 5.75 Å². The van der Waals surface area contributed by atoms with Gasteiger partial charge in [-0.15, -0.1) is 0 Å². The highest BCUT2D eigenvalue weighted by Crippen LogP contribution is 2.35. The highest BCUT2D eigenvalue weighted by molar-refractivity contribution is 5.97. The minimum Gasteiger partial charge on any atom is -0.491 e. The van der Waals surface area contributed by atoms with Gasteiger partial charge in [0, 0.05) is 13.5 Å². The molecule has 4 heteroatoms. The molecule has 1 aliphatic heterocycles. The zero-order chi connectivity index (χ0) is 12.3. The molecule has 1 aromatic carbocycles. The predicted octanol–water partition coefficient (Wildman–Crippen LogP) is 1.32. The minimum atomic E-state index is 0.146. The second kappa shape index (κ2) is 5.19. The molecule has 0 saturated heterocycles. The highest BCUT2D eigenvalue weighted by atomic mass is 16.5. The number of hydrogen-bond acceptors (Lipinski definition) is 3. The van der Waals surface area contributed by atoms with Crippen molar-refractivity contribution in [1.82, 2.24) is 0 Å². The van der Waals surface area contributed by atoms with Crippen molar-refractivity contribution >= 4 is 11.6 Å². The molecule has 17 heavy (non-hydrogen) atoms. The fourth-order valence-electron chi connectivity index (χ4n) is 2.07. The van der Waals surface area contributed by atoms with Crippen LogP contribution in [0.2, 0.25) is 0 Å². The molecular formula is C13H18N2O2. The molecule has 92 valence electrons. The number of benzene rings is 1. The first-order valence-corrected chi connectivity index (χ1v) is 5.95. The highest BCUT2D eigenvalue weighted by Gasteiger charge is 2.23. The Hall–Kier alpha value is -1.55. The van der Waals surface area contributed by atoms with Crippen LogP contribution < -0.4 is 15.4 Å². The van der Waals surface area contributed by atoms with Gasteiger partial charge in [0.05, 0.1) is 12.3 Å². The Bertz CT molecular complexity index is 418. The van der Waals surface area contributed by atoms with Crippen LogP contribution in [-0.4, -0.2) is 26.1 Å². The SMILES string of the molecule is CN1C(=O)CCc2cccc(OCCCN)c21. The van der Waals surface area contributed by atoms with E-state index in [-0.39, 0.29) is 5.91 Å². The number of carbonyl (C=O) groups excluding carboxylic acids is 1. The van der Waals surface area contributed by atoms with Gasteiger partial charge in [0.15, 0.2) is 0 Å². The summed E-state index contributed by atoms with van der Waals surface area (Å²) in [6.07, 6.45) is 2.20. The molecular weight excluding hydrogens is 216 g/mol. The van der Waals surface area contributed by atoms with Crippen LogP contribution in [0.25, 0.3) is 0 Å². The van der Waals surface area contributed by atoms with Crippen molar-refractivity contribution in [3.05, 3.63) is 23.8 Å². The number of amides is 1. The second-order valence-electron chi connectivity index (χ2n) is 4.21. The molecule has 0 saturated carbocycles. The van der Waals surface area contributed by atoms with Crippen LogP contribution in [-0.2, 0) is 11.2 Å². The number of aryl methyl sites for hydroxylation is 1. The summed E-state index contributed by atoms with van der Waals surface area (Å²) in [6, 6.07) is 5.93. The summed E-state index contributed by atoms with van der Waals surface area (Å²) in [6.45, 7) is 1.21. The van der Waals surface area contributed by atoms with E-state index in [4.69, 9.17) is 10.5 Å². The Morgan fingerprint density at radius 3 is 3.00 bits per heavy atom. The summed E-state index contributed by atoms with van der Waals surface area (Å²) >= 11 is 0. The normalized spacial score (nSPS) is 14.7. The van der Waals surface area contributed by atoms with Gasteiger partial charge in [-0.05, 0) is 31.0 Å². The van der Waals surface area contributed by atoms with Crippen LogP contribution in [0.1, 0.15) is 18.4 Å². The standard InChI is InChI=1S/C13H18N2O2/c1-15-12(16)7-6-10-4-2-5-11(13(10)15)17-9-3-8-14/h2,4-5H,3,6-9,14H2,1H3. The lowest BCUT2D eigenvalue weighted by Crippen LogP contribution is -2.31. The van der Waals surface area contributed by atoms with Gasteiger partial charge in [-0.1, -0.05) is 12.1 Å². The molecule has 0 unspecified atom stereocenters. The number of nitrogens with zero attached hydrogens (tertiary/aromatic N) is 1. The number of carbonyl (C=O) groups is 1. The first-order valence-electron chi connectivity index (χ1n) is 5.95. The van der Waals surface area contributed by atoms with Gasteiger partial charge >= 0.3 is 0 Å². The number of rotatable bonds is 4. The summed E-state index contributed by atoms with van der Waals surface area (Å²) in [4.78, 5) is 13.4. The molecule has 0 atom stereocenters. The van der Waals surface area contributed by atoms with Gasteiger partial charge < -0.3 is 15.4 Å². The van der Waals surface area contributed by atoms with Crippen molar-refractivity contribution in [3.63, 3.8) is 0 Å². The fraction of sp³-hybridized carbons (Fsp3) is 0.462. The molecule has 0 spiro atoms. The van der Waals surface area contributed by atoms with Gasteiger partial charge in [-0.25, -0.2) is 0 Å². The van der Waals surface area contributed by atoms with E-state index < -0.39 is 0 Å². The smallest absolute Gasteiger partial charge is 0.227 e. The Kier molecular flexibility index (Phi) is 3.64. The molecule has 1 aromatic rings. The van der Waals surface area contributed by atoms with E-state index in [0.29, 0.717) is 19.6 Å². The van der Waals surface area contributed by atoms with Gasteiger partial charge in [-0.3, -0.25) is 4.79 Å². The summed E-state index contributed by atoms with van der Waals surface area (Å²) in [5, 5.41) is 0. The maximum Gasteiger partial charge on any atom is 0.227 e. The molecule has 1 amide bonds. The molecule has 0 aliphatic carbocycles. The monoisotopic (exact) mass is 234 g/mol. The molecule has 2 N–H and O–H groups in total. The lowest BCUT2D eigenvalue weighted by atomic mass is 10.0. The van der Waals surface area contributed by atoms with E-state index in [1.807, 2.05) is 18.2 Å². The summed E-state index contributed by atoms with van der Waals surface area (Å²) in [5.41, 5.74) is 7.53. The topological polar surface area (TPSA) is 55.6 Å². The third kappa shape index (κ3) is 2.42. The van der Waals surface area contributed by atoms with E-state index >= 15 is 0 Å². The van der Waals surface area contributed by atoms with Crippen molar-refractivity contribution < 1.29 is 9.53 Å². The number of anilines is 1. The van der Waals surface area contributed by atoms with E-state index in [1.54, 1.807) is 11.9 Å². The quantitative estimate of drug-likeness (QED) is 0.799. The molecule has 0 bridgehead atoms. The van der Waals surface area contributed by atoms with Crippen molar-refractivity contribution in [2.45, 2.75) is 19.3 Å². The van der Waals surface area contributed by atoms with E-state index in [2.05, 4.69) is 0 Å². The number of nitrogens with two attached hydrogens (primary N) is 1. The minimum absolute atomic E-state index is 0.146. The Morgan fingerprint density at radius 1 is 1.41 bits per heavy atom. The molecule has 4 nitrogen and oxygen atoms in total. The maximum atomic E-state index is 11.7. The molecule has 1 aliphatic rings. The largest absolute Gasteiger partial charge is 0.491 e. The predicted molar refractivity (Wildman–Crippen MR) is 67.3 cm³/mol.